The fourth-order valence-corrected chi connectivity index (χ4v) is 3.89. The number of benzene rings is 1. The maximum absolute atomic E-state index is 12.6. The van der Waals surface area contributed by atoms with Crippen LogP contribution in [0.3, 0.4) is 0 Å². The van der Waals surface area contributed by atoms with Gasteiger partial charge in [-0.1, -0.05) is 30.3 Å². The van der Waals surface area contributed by atoms with Crippen LogP contribution in [-0.4, -0.2) is 38.5 Å². The van der Waals surface area contributed by atoms with Crippen LogP contribution in [0.1, 0.15) is 34.5 Å². The van der Waals surface area contributed by atoms with Gasteiger partial charge >= 0.3 is 0 Å². The number of ketones is 1. The van der Waals surface area contributed by atoms with Gasteiger partial charge in [0.15, 0.2) is 11.4 Å². The molecule has 0 bridgehead atoms. The van der Waals surface area contributed by atoms with E-state index in [2.05, 4.69) is 21.0 Å². The quantitative estimate of drug-likeness (QED) is 0.678. The largest absolute Gasteiger partial charge is 0.299 e. The van der Waals surface area contributed by atoms with Gasteiger partial charge in [0.25, 0.3) is 0 Å². The Bertz CT molecular complexity index is 924. The number of carbonyl (C=O) groups is 1. The molecule has 0 radical (unpaired) electrons. The summed E-state index contributed by atoms with van der Waals surface area (Å²) in [6.07, 6.45) is 3.80. The molecule has 1 saturated heterocycles. The van der Waals surface area contributed by atoms with Crippen LogP contribution in [0.25, 0.3) is 11.0 Å². The zero-order valence-electron chi connectivity index (χ0n) is 15.4. The van der Waals surface area contributed by atoms with Gasteiger partial charge in [0.2, 0.25) is 0 Å². The molecule has 1 aliphatic heterocycles. The van der Waals surface area contributed by atoms with Crippen molar-refractivity contribution in [3.8, 4) is 0 Å². The van der Waals surface area contributed by atoms with Crippen molar-refractivity contribution in [1.82, 2.24) is 19.7 Å². The molecular formula is C21H24N4O. The molecule has 0 N–H and O–H groups in total. The van der Waals surface area contributed by atoms with Crippen molar-refractivity contribution in [2.45, 2.75) is 26.3 Å². The van der Waals surface area contributed by atoms with Crippen molar-refractivity contribution in [2.75, 3.05) is 13.1 Å². The molecule has 1 aromatic carbocycles. The average Bonchev–Trinajstić information content (AvgIpc) is 2.96. The van der Waals surface area contributed by atoms with Gasteiger partial charge in [0.05, 0.1) is 5.69 Å². The Morgan fingerprint density at radius 1 is 1.19 bits per heavy atom. The minimum atomic E-state index is 0.148. The van der Waals surface area contributed by atoms with Crippen LogP contribution < -0.4 is 0 Å². The third kappa shape index (κ3) is 3.27. The second kappa shape index (κ2) is 7.00. The van der Waals surface area contributed by atoms with E-state index in [0.717, 1.165) is 54.8 Å². The van der Waals surface area contributed by atoms with Crippen LogP contribution in [0, 0.1) is 12.8 Å². The second-order valence-electron chi connectivity index (χ2n) is 7.20. The first-order valence-corrected chi connectivity index (χ1v) is 9.21. The SMILES string of the molecule is Cc1nn(C)c2ncc(CN3CCC(C(=O)c4ccccc4)CC3)cc12. The van der Waals surface area contributed by atoms with Crippen molar-refractivity contribution >= 4 is 16.8 Å². The van der Waals surface area contributed by atoms with Gasteiger partial charge in [-0.15, -0.1) is 0 Å². The van der Waals surface area contributed by atoms with Crippen molar-refractivity contribution in [2.24, 2.45) is 13.0 Å². The molecule has 1 aliphatic rings. The molecule has 3 aromatic rings. The molecule has 0 saturated carbocycles. The van der Waals surface area contributed by atoms with Crippen LogP contribution in [0.15, 0.2) is 42.6 Å². The van der Waals surface area contributed by atoms with E-state index in [-0.39, 0.29) is 5.92 Å². The Morgan fingerprint density at radius 3 is 2.65 bits per heavy atom. The van der Waals surface area contributed by atoms with Gasteiger partial charge in [-0.05, 0) is 44.5 Å². The standard InChI is InChI=1S/C21H24N4O/c1-15-19-12-16(13-22-21(19)24(2)23-15)14-25-10-8-18(9-11-25)20(26)17-6-4-3-5-7-17/h3-7,12-13,18H,8-11,14H2,1-2H3. The fourth-order valence-electron chi connectivity index (χ4n) is 3.89. The van der Waals surface area contributed by atoms with Crippen LogP contribution in [0.5, 0.6) is 0 Å². The Kier molecular flexibility index (Phi) is 4.55. The number of fused-ring (bicyclic) bond motifs is 1. The number of piperidine rings is 1. The molecule has 0 aliphatic carbocycles. The molecule has 0 unspecified atom stereocenters. The van der Waals surface area contributed by atoms with Crippen molar-refractivity contribution < 1.29 is 4.79 Å². The van der Waals surface area contributed by atoms with Crippen molar-refractivity contribution in [3.05, 3.63) is 59.4 Å². The summed E-state index contributed by atoms with van der Waals surface area (Å²) in [6.45, 7) is 4.80. The zero-order chi connectivity index (χ0) is 18.1. The summed E-state index contributed by atoms with van der Waals surface area (Å²) in [4.78, 5) is 19.6. The van der Waals surface area contributed by atoms with E-state index in [1.807, 2.05) is 55.2 Å². The highest BCUT2D eigenvalue weighted by atomic mass is 16.1. The number of aryl methyl sites for hydroxylation is 2. The maximum atomic E-state index is 12.6. The lowest BCUT2D eigenvalue weighted by Crippen LogP contribution is -2.36. The lowest BCUT2D eigenvalue weighted by atomic mass is 9.89. The molecule has 26 heavy (non-hydrogen) atoms. The molecule has 134 valence electrons. The van der Waals surface area contributed by atoms with Crippen molar-refractivity contribution in [3.63, 3.8) is 0 Å². The monoisotopic (exact) mass is 348 g/mol. The van der Waals surface area contributed by atoms with Crippen molar-refractivity contribution in [1.29, 1.82) is 0 Å². The Balaban J connectivity index is 1.39. The molecule has 3 heterocycles. The molecule has 5 nitrogen and oxygen atoms in total. The van der Waals surface area contributed by atoms with Gasteiger partial charge in [0, 0.05) is 36.7 Å². The topological polar surface area (TPSA) is 51.0 Å². The highest BCUT2D eigenvalue weighted by Crippen LogP contribution is 2.24. The predicted octanol–water partition coefficient (Wildman–Crippen LogP) is 3.37. The molecule has 1 fully saturated rings. The number of likely N-dealkylation sites (tertiary alicyclic amines) is 1. The third-order valence-electron chi connectivity index (χ3n) is 5.34. The minimum absolute atomic E-state index is 0.148. The molecule has 4 rings (SSSR count). The molecular weight excluding hydrogens is 324 g/mol. The summed E-state index contributed by atoms with van der Waals surface area (Å²) in [5.41, 5.74) is 4.00. The molecule has 0 spiro atoms. The zero-order valence-corrected chi connectivity index (χ0v) is 15.4. The van der Waals surface area contributed by atoms with Crippen LogP contribution in [0.2, 0.25) is 0 Å². The summed E-state index contributed by atoms with van der Waals surface area (Å²) in [6, 6.07) is 11.9. The first kappa shape index (κ1) is 16.9. The van der Waals surface area contributed by atoms with E-state index >= 15 is 0 Å². The third-order valence-corrected chi connectivity index (χ3v) is 5.34. The average molecular weight is 348 g/mol. The van der Waals surface area contributed by atoms with Gasteiger partial charge < -0.3 is 0 Å². The smallest absolute Gasteiger partial charge is 0.166 e. The van der Waals surface area contributed by atoms with Crippen LogP contribution in [0.4, 0.5) is 0 Å². The molecule has 0 amide bonds. The number of aromatic nitrogens is 3. The first-order chi connectivity index (χ1) is 12.6. The Labute approximate surface area is 153 Å². The number of carbonyl (C=O) groups excluding carboxylic acids is 1. The molecule has 0 atom stereocenters. The van der Waals surface area contributed by atoms with Gasteiger partial charge in [-0.2, -0.15) is 5.10 Å². The predicted molar refractivity (Wildman–Crippen MR) is 102 cm³/mol. The van der Waals surface area contributed by atoms with E-state index < -0.39 is 0 Å². The van der Waals surface area contributed by atoms with Gasteiger partial charge in [-0.3, -0.25) is 14.4 Å². The summed E-state index contributed by atoms with van der Waals surface area (Å²) in [5, 5.41) is 5.56. The second-order valence-corrected chi connectivity index (χ2v) is 7.20. The van der Waals surface area contributed by atoms with E-state index in [0.29, 0.717) is 5.78 Å². The Hall–Kier alpha value is -2.53. The van der Waals surface area contributed by atoms with Crippen LogP contribution >= 0.6 is 0 Å². The number of nitrogens with zero attached hydrogens (tertiary/aromatic N) is 4. The molecule has 2 aromatic heterocycles. The van der Waals surface area contributed by atoms with E-state index in [9.17, 15) is 4.79 Å². The van der Waals surface area contributed by atoms with E-state index in [1.165, 1.54) is 5.56 Å². The van der Waals surface area contributed by atoms with Crippen LogP contribution in [-0.2, 0) is 13.6 Å². The summed E-state index contributed by atoms with van der Waals surface area (Å²) in [5.74, 6) is 0.439. The normalized spacial score (nSPS) is 16.2. The summed E-state index contributed by atoms with van der Waals surface area (Å²) < 4.78 is 1.83. The summed E-state index contributed by atoms with van der Waals surface area (Å²) >= 11 is 0. The number of Topliss-reactive ketones (excluding diaryl/α,β-unsaturated/α-hetero) is 1. The molecule has 5 heteroatoms. The lowest BCUT2D eigenvalue weighted by Gasteiger charge is -2.31. The highest BCUT2D eigenvalue weighted by molar-refractivity contribution is 5.97. The maximum Gasteiger partial charge on any atom is 0.166 e. The van der Waals surface area contributed by atoms with E-state index in [1.54, 1.807) is 0 Å². The summed E-state index contributed by atoms with van der Waals surface area (Å²) in [7, 11) is 1.93. The first-order valence-electron chi connectivity index (χ1n) is 9.21. The Morgan fingerprint density at radius 2 is 1.92 bits per heavy atom. The highest BCUT2D eigenvalue weighted by Gasteiger charge is 2.25. The van der Waals surface area contributed by atoms with Gasteiger partial charge in [-0.25, -0.2) is 4.98 Å². The number of hydrogen-bond acceptors (Lipinski definition) is 4. The number of hydrogen-bond donors (Lipinski definition) is 0. The van der Waals surface area contributed by atoms with E-state index in [4.69, 9.17) is 0 Å². The fraction of sp³-hybridized carbons (Fsp3) is 0.381. The minimum Gasteiger partial charge on any atom is -0.299 e. The number of pyridine rings is 1. The number of rotatable bonds is 4. The lowest BCUT2D eigenvalue weighted by molar-refractivity contribution is 0.0835. The van der Waals surface area contributed by atoms with Gasteiger partial charge in [0.1, 0.15) is 0 Å².